The molecule has 2 aromatic heterocycles. The highest BCUT2D eigenvalue weighted by Gasteiger charge is 2.31. The van der Waals surface area contributed by atoms with E-state index >= 15 is 0 Å². The first-order chi connectivity index (χ1) is 9.29. The molecule has 6 nitrogen and oxygen atoms in total. The van der Waals surface area contributed by atoms with Gasteiger partial charge in [0.2, 0.25) is 0 Å². The van der Waals surface area contributed by atoms with E-state index in [-0.39, 0.29) is 17.2 Å². The van der Waals surface area contributed by atoms with Crippen molar-refractivity contribution >= 4 is 5.78 Å². The fourth-order valence-corrected chi connectivity index (χ4v) is 1.33. The lowest BCUT2D eigenvalue weighted by Gasteiger charge is -2.05. The maximum atomic E-state index is 12.4. The Kier molecular flexibility index (Phi) is 3.35. The van der Waals surface area contributed by atoms with Gasteiger partial charge in [0.05, 0.1) is 5.56 Å². The number of hydrogen-bond donors (Lipinski definition) is 1. The Morgan fingerprint density at radius 3 is 2.35 bits per heavy atom. The number of nitrogens with zero attached hydrogens (tertiary/aromatic N) is 3. The molecule has 104 valence electrons. The lowest BCUT2D eigenvalue weighted by atomic mass is 10.3. The second-order valence-electron chi connectivity index (χ2n) is 3.81. The molecule has 0 saturated carbocycles. The van der Waals surface area contributed by atoms with E-state index in [9.17, 15) is 22.8 Å². The molecule has 0 fully saturated rings. The van der Waals surface area contributed by atoms with Crippen LogP contribution >= 0.6 is 0 Å². The van der Waals surface area contributed by atoms with Crippen molar-refractivity contribution in [2.24, 2.45) is 0 Å². The van der Waals surface area contributed by atoms with Gasteiger partial charge in [0, 0.05) is 25.5 Å². The zero-order valence-electron chi connectivity index (χ0n) is 10.0. The Balaban J connectivity index is 2.49. The number of carbonyl (C=O) groups is 1. The number of alkyl halides is 3. The SMILES string of the molecule is CC(=O)c1c[nH]c(=O)c(-c2ncc(C(F)(F)F)cn2)n1. The van der Waals surface area contributed by atoms with Gasteiger partial charge in [0.15, 0.2) is 17.3 Å². The summed E-state index contributed by atoms with van der Waals surface area (Å²) in [6.07, 6.45) is -2.37. The third kappa shape index (κ3) is 2.71. The molecule has 2 heterocycles. The van der Waals surface area contributed by atoms with E-state index in [0.29, 0.717) is 12.4 Å². The molecule has 0 aliphatic heterocycles. The number of H-pyrrole nitrogens is 1. The molecular formula is C11H7F3N4O2. The van der Waals surface area contributed by atoms with Gasteiger partial charge in [-0.1, -0.05) is 0 Å². The van der Waals surface area contributed by atoms with Crippen LogP contribution in [0.25, 0.3) is 11.5 Å². The number of ketones is 1. The van der Waals surface area contributed by atoms with E-state index in [1.165, 1.54) is 6.92 Å². The zero-order valence-corrected chi connectivity index (χ0v) is 10.0. The standard InChI is InChI=1S/C11H7F3N4O2/c1-5(19)7-4-17-10(20)8(18-7)9-15-2-6(3-16-9)11(12,13)14/h2-4H,1H3,(H,17,20). The van der Waals surface area contributed by atoms with Crippen LogP contribution in [-0.4, -0.2) is 25.7 Å². The van der Waals surface area contributed by atoms with Crippen molar-refractivity contribution in [3.63, 3.8) is 0 Å². The maximum absolute atomic E-state index is 12.4. The van der Waals surface area contributed by atoms with E-state index in [0.717, 1.165) is 6.20 Å². The topological polar surface area (TPSA) is 88.6 Å². The largest absolute Gasteiger partial charge is 0.419 e. The molecular weight excluding hydrogens is 277 g/mol. The normalized spacial score (nSPS) is 11.4. The lowest BCUT2D eigenvalue weighted by molar-refractivity contribution is -0.138. The Bertz CT molecular complexity index is 707. The summed E-state index contributed by atoms with van der Waals surface area (Å²) in [4.78, 5) is 35.6. The van der Waals surface area contributed by atoms with Gasteiger partial charge in [-0.3, -0.25) is 9.59 Å². The number of nitrogens with one attached hydrogen (secondary N) is 1. The Morgan fingerprint density at radius 1 is 1.25 bits per heavy atom. The minimum Gasteiger partial charge on any atom is -0.325 e. The number of Topliss-reactive ketones (excluding diaryl/α,β-unsaturated/α-hetero) is 1. The van der Waals surface area contributed by atoms with Gasteiger partial charge in [-0.2, -0.15) is 13.2 Å². The number of aromatic nitrogens is 4. The van der Waals surface area contributed by atoms with Gasteiger partial charge in [-0.25, -0.2) is 15.0 Å². The number of halogens is 3. The highest BCUT2D eigenvalue weighted by atomic mass is 19.4. The van der Waals surface area contributed by atoms with Crippen molar-refractivity contribution in [3.05, 3.63) is 40.2 Å². The fourth-order valence-electron chi connectivity index (χ4n) is 1.33. The monoisotopic (exact) mass is 284 g/mol. The third-order valence-electron chi connectivity index (χ3n) is 2.34. The third-order valence-corrected chi connectivity index (χ3v) is 2.34. The van der Waals surface area contributed by atoms with E-state index in [4.69, 9.17) is 0 Å². The predicted molar refractivity (Wildman–Crippen MR) is 60.9 cm³/mol. The second kappa shape index (κ2) is 4.83. The van der Waals surface area contributed by atoms with E-state index in [2.05, 4.69) is 19.9 Å². The van der Waals surface area contributed by atoms with Crippen molar-refractivity contribution in [2.45, 2.75) is 13.1 Å². The number of aromatic amines is 1. The van der Waals surface area contributed by atoms with E-state index in [1.54, 1.807) is 0 Å². The Hall–Kier alpha value is -2.58. The molecule has 0 aliphatic carbocycles. The highest BCUT2D eigenvalue weighted by Crippen LogP contribution is 2.28. The summed E-state index contributed by atoms with van der Waals surface area (Å²) in [6, 6.07) is 0. The number of rotatable bonds is 2. The van der Waals surface area contributed by atoms with Crippen LogP contribution in [0.3, 0.4) is 0 Å². The van der Waals surface area contributed by atoms with Crippen molar-refractivity contribution in [3.8, 4) is 11.5 Å². The quantitative estimate of drug-likeness (QED) is 0.843. The van der Waals surface area contributed by atoms with Crippen molar-refractivity contribution < 1.29 is 18.0 Å². The average molecular weight is 284 g/mol. The summed E-state index contributed by atoms with van der Waals surface area (Å²) in [7, 11) is 0. The minimum absolute atomic E-state index is 0.0388. The molecule has 1 N–H and O–H groups in total. The van der Waals surface area contributed by atoms with Gasteiger partial charge in [-0.05, 0) is 0 Å². The van der Waals surface area contributed by atoms with Crippen LogP contribution in [0.4, 0.5) is 13.2 Å². The summed E-state index contributed by atoms with van der Waals surface area (Å²) in [5, 5.41) is 0. The molecule has 2 rings (SSSR count). The molecule has 0 spiro atoms. The molecule has 0 saturated heterocycles. The van der Waals surface area contributed by atoms with Gasteiger partial charge in [0.25, 0.3) is 5.56 Å². The van der Waals surface area contributed by atoms with Gasteiger partial charge in [0.1, 0.15) is 5.69 Å². The molecule has 0 amide bonds. The first-order valence-corrected chi connectivity index (χ1v) is 5.29. The molecule has 0 radical (unpaired) electrons. The summed E-state index contributed by atoms with van der Waals surface area (Å²) in [5.74, 6) is -0.697. The van der Waals surface area contributed by atoms with Crippen molar-refractivity contribution in [1.82, 2.24) is 19.9 Å². The van der Waals surface area contributed by atoms with Gasteiger partial charge < -0.3 is 4.98 Å². The summed E-state index contributed by atoms with van der Waals surface area (Å²) in [6.45, 7) is 1.23. The number of carbonyl (C=O) groups excluding carboxylic acids is 1. The molecule has 0 aliphatic rings. The van der Waals surface area contributed by atoms with Crippen LogP contribution < -0.4 is 5.56 Å². The first kappa shape index (κ1) is 13.8. The Labute approximate surface area is 109 Å². The van der Waals surface area contributed by atoms with Crippen LogP contribution in [-0.2, 0) is 6.18 Å². The Morgan fingerprint density at radius 2 is 1.85 bits per heavy atom. The predicted octanol–water partition coefficient (Wildman–Crippen LogP) is 1.45. The van der Waals surface area contributed by atoms with Crippen molar-refractivity contribution in [2.75, 3.05) is 0 Å². The first-order valence-electron chi connectivity index (χ1n) is 5.29. The molecule has 9 heteroatoms. The maximum Gasteiger partial charge on any atom is 0.419 e. The number of hydrogen-bond acceptors (Lipinski definition) is 5. The zero-order chi connectivity index (χ0) is 14.9. The molecule has 0 aromatic carbocycles. The van der Waals surface area contributed by atoms with Crippen LogP contribution in [0.2, 0.25) is 0 Å². The van der Waals surface area contributed by atoms with E-state index in [1.807, 2.05) is 0 Å². The molecule has 0 unspecified atom stereocenters. The van der Waals surface area contributed by atoms with Crippen LogP contribution in [0.5, 0.6) is 0 Å². The summed E-state index contributed by atoms with van der Waals surface area (Å²) in [5.41, 5.74) is -2.09. The van der Waals surface area contributed by atoms with E-state index < -0.39 is 23.1 Å². The van der Waals surface area contributed by atoms with Crippen LogP contribution in [0.1, 0.15) is 23.0 Å². The second-order valence-corrected chi connectivity index (χ2v) is 3.81. The van der Waals surface area contributed by atoms with Crippen molar-refractivity contribution in [1.29, 1.82) is 0 Å². The van der Waals surface area contributed by atoms with Crippen LogP contribution in [0, 0.1) is 0 Å². The minimum atomic E-state index is -4.57. The molecule has 0 atom stereocenters. The highest BCUT2D eigenvalue weighted by molar-refractivity contribution is 5.92. The molecule has 20 heavy (non-hydrogen) atoms. The molecule has 0 bridgehead atoms. The molecule has 2 aromatic rings. The lowest BCUT2D eigenvalue weighted by Crippen LogP contribution is -2.16. The summed E-state index contributed by atoms with van der Waals surface area (Å²) >= 11 is 0. The van der Waals surface area contributed by atoms with Gasteiger partial charge >= 0.3 is 6.18 Å². The van der Waals surface area contributed by atoms with Gasteiger partial charge in [-0.15, -0.1) is 0 Å². The fraction of sp³-hybridized carbons (Fsp3) is 0.182. The summed E-state index contributed by atoms with van der Waals surface area (Å²) < 4.78 is 37.1. The smallest absolute Gasteiger partial charge is 0.325 e. The van der Waals surface area contributed by atoms with Crippen LogP contribution in [0.15, 0.2) is 23.4 Å². The average Bonchev–Trinajstić information content (AvgIpc) is 2.38.